The van der Waals surface area contributed by atoms with Crippen molar-refractivity contribution in [2.45, 2.75) is 26.2 Å². The Morgan fingerprint density at radius 3 is 2.80 bits per heavy atom. The number of carboxylic acids is 1. The Hall–Kier alpha value is -1.58. The average molecular weight is 208 g/mol. The van der Waals surface area contributed by atoms with Crippen LogP contribution in [0.25, 0.3) is 0 Å². The summed E-state index contributed by atoms with van der Waals surface area (Å²) in [6.45, 7) is 3.06. The van der Waals surface area contributed by atoms with Crippen LogP contribution in [-0.2, 0) is 0 Å². The zero-order valence-corrected chi connectivity index (χ0v) is 8.86. The molecular formula is C11H16N2O2. The van der Waals surface area contributed by atoms with Gasteiger partial charge in [-0.1, -0.05) is 19.8 Å². The minimum atomic E-state index is -0.993. The second-order valence-electron chi connectivity index (χ2n) is 3.37. The van der Waals surface area contributed by atoms with E-state index >= 15 is 0 Å². The van der Waals surface area contributed by atoms with Gasteiger partial charge < -0.3 is 10.4 Å². The summed E-state index contributed by atoms with van der Waals surface area (Å²) >= 11 is 0. The van der Waals surface area contributed by atoms with Gasteiger partial charge in [-0.3, -0.25) is 0 Å². The fourth-order valence-corrected chi connectivity index (χ4v) is 1.23. The Balaban J connectivity index is 2.39. The minimum Gasteiger partial charge on any atom is -0.477 e. The standard InChI is InChI=1S/C11H16N2O2/c1-2-3-4-7-12-9-5-6-10(11(14)15)13-8-9/h5-6,8,12H,2-4,7H2,1H3,(H,14,15). The molecular weight excluding hydrogens is 192 g/mol. The number of nitrogens with one attached hydrogen (secondary N) is 1. The van der Waals surface area contributed by atoms with Crippen LogP contribution in [0.3, 0.4) is 0 Å². The van der Waals surface area contributed by atoms with Gasteiger partial charge >= 0.3 is 5.97 Å². The van der Waals surface area contributed by atoms with E-state index in [1.54, 1.807) is 12.3 Å². The summed E-state index contributed by atoms with van der Waals surface area (Å²) in [6, 6.07) is 3.24. The maximum Gasteiger partial charge on any atom is 0.354 e. The van der Waals surface area contributed by atoms with Gasteiger partial charge in [0.15, 0.2) is 0 Å². The lowest BCUT2D eigenvalue weighted by Crippen LogP contribution is -2.04. The van der Waals surface area contributed by atoms with Crippen molar-refractivity contribution in [2.24, 2.45) is 0 Å². The van der Waals surface area contributed by atoms with E-state index in [4.69, 9.17) is 5.11 Å². The molecule has 0 aliphatic rings. The van der Waals surface area contributed by atoms with Crippen LogP contribution in [0.2, 0.25) is 0 Å². The van der Waals surface area contributed by atoms with E-state index in [-0.39, 0.29) is 5.69 Å². The summed E-state index contributed by atoms with van der Waals surface area (Å²) in [5.41, 5.74) is 0.949. The lowest BCUT2D eigenvalue weighted by Gasteiger charge is -2.04. The van der Waals surface area contributed by atoms with Gasteiger partial charge in [-0.15, -0.1) is 0 Å². The normalized spacial score (nSPS) is 9.93. The number of hydrogen-bond acceptors (Lipinski definition) is 3. The van der Waals surface area contributed by atoms with Crippen LogP contribution in [0.1, 0.15) is 36.7 Å². The van der Waals surface area contributed by atoms with Gasteiger partial charge in [0.05, 0.1) is 11.9 Å². The highest BCUT2D eigenvalue weighted by molar-refractivity contribution is 5.85. The Labute approximate surface area is 89.3 Å². The average Bonchev–Trinajstić information content (AvgIpc) is 2.25. The molecule has 0 bridgehead atoms. The van der Waals surface area contributed by atoms with Crippen molar-refractivity contribution in [3.63, 3.8) is 0 Å². The number of carboxylic acid groups (broad SMARTS) is 1. The molecule has 1 heterocycles. The van der Waals surface area contributed by atoms with Gasteiger partial charge in [0.1, 0.15) is 5.69 Å². The van der Waals surface area contributed by atoms with Gasteiger partial charge in [-0.05, 0) is 18.6 Å². The summed E-state index contributed by atoms with van der Waals surface area (Å²) in [6.07, 6.45) is 5.07. The van der Waals surface area contributed by atoms with Gasteiger partial charge in [-0.2, -0.15) is 0 Å². The van der Waals surface area contributed by atoms with Crippen LogP contribution < -0.4 is 5.32 Å². The van der Waals surface area contributed by atoms with Crippen molar-refractivity contribution >= 4 is 11.7 Å². The Bertz CT molecular complexity index is 309. The van der Waals surface area contributed by atoms with E-state index in [2.05, 4.69) is 17.2 Å². The summed E-state index contributed by atoms with van der Waals surface area (Å²) in [4.78, 5) is 14.3. The van der Waals surface area contributed by atoms with Crippen LogP contribution in [0, 0.1) is 0 Å². The molecule has 0 radical (unpaired) electrons. The minimum absolute atomic E-state index is 0.0779. The summed E-state index contributed by atoms with van der Waals surface area (Å²) in [5.74, 6) is -0.993. The second-order valence-corrected chi connectivity index (χ2v) is 3.37. The zero-order chi connectivity index (χ0) is 11.1. The van der Waals surface area contributed by atoms with Crippen LogP contribution >= 0.6 is 0 Å². The molecule has 0 saturated heterocycles. The van der Waals surface area contributed by atoms with E-state index in [0.717, 1.165) is 18.7 Å². The molecule has 0 aliphatic carbocycles. The number of unbranched alkanes of at least 4 members (excludes halogenated alkanes) is 2. The summed E-state index contributed by atoms with van der Waals surface area (Å²) in [7, 11) is 0. The molecule has 1 aromatic rings. The molecule has 0 amide bonds. The predicted molar refractivity (Wildman–Crippen MR) is 59.2 cm³/mol. The van der Waals surface area contributed by atoms with Crippen LogP contribution in [-0.4, -0.2) is 22.6 Å². The molecule has 4 nitrogen and oxygen atoms in total. The van der Waals surface area contributed by atoms with Crippen LogP contribution in [0.5, 0.6) is 0 Å². The van der Waals surface area contributed by atoms with Gasteiger partial charge in [0.2, 0.25) is 0 Å². The largest absolute Gasteiger partial charge is 0.477 e. The van der Waals surface area contributed by atoms with Crippen molar-refractivity contribution in [1.82, 2.24) is 4.98 Å². The SMILES string of the molecule is CCCCCNc1ccc(C(=O)O)nc1. The third-order valence-electron chi connectivity index (χ3n) is 2.09. The summed E-state index contributed by atoms with van der Waals surface area (Å²) in [5, 5.41) is 11.8. The lowest BCUT2D eigenvalue weighted by molar-refractivity contribution is 0.0690. The van der Waals surface area contributed by atoms with E-state index in [1.165, 1.54) is 18.9 Å². The molecule has 0 saturated carbocycles. The van der Waals surface area contributed by atoms with Gasteiger partial charge in [0, 0.05) is 6.54 Å². The van der Waals surface area contributed by atoms with Crippen molar-refractivity contribution in [3.8, 4) is 0 Å². The highest BCUT2D eigenvalue weighted by Crippen LogP contribution is 2.06. The molecule has 0 atom stereocenters. The quantitative estimate of drug-likeness (QED) is 0.704. The number of hydrogen-bond donors (Lipinski definition) is 2. The fourth-order valence-electron chi connectivity index (χ4n) is 1.23. The van der Waals surface area contributed by atoms with Crippen molar-refractivity contribution < 1.29 is 9.90 Å². The molecule has 0 aliphatic heterocycles. The number of aromatic nitrogens is 1. The highest BCUT2D eigenvalue weighted by Gasteiger charge is 2.02. The van der Waals surface area contributed by atoms with Crippen molar-refractivity contribution in [3.05, 3.63) is 24.0 Å². The molecule has 0 fully saturated rings. The summed E-state index contributed by atoms with van der Waals surface area (Å²) < 4.78 is 0. The molecule has 4 heteroatoms. The Morgan fingerprint density at radius 1 is 1.47 bits per heavy atom. The molecule has 82 valence electrons. The number of carbonyl (C=O) groups is 1. The third kappa shape index (κ3) is 3.97. The first-order valence-corrected chi connectivity index (χ1v) is 5.17. The number of aromatic carboxylic acids is 1. The van der Waals surface area contributed by atoms with E-state index in [0.29, 0.717) is 0 Å². The highest BCUT2D eigenvalue weighted by atomic mass is 16.4. The van der Waals surface area contributed by atoms with Gasteiger partial charge in [0.25, 0.3) is 0 Å². The first kappa shape index (κ1) is 11.5. The molecule has 1 rings (SSSR count). The van der Waals surface area contributed by atoms with Crippen molar-refractivity contribution in [2.75, 3.05) is 11.9 Å². The molecule has 0 spiro atoms. The predicted octanol–water partition coefficient (Wildman–Crippen LogP) is 2.38. The maximum absolute atomic E-state index is 10.5. The number of nitrogens with zero attached hydrogens (tertiary/aromatic N) is 1. The van der Waals surface area contributed by atoms with Crippen molar-refractivity contribution in [1.29, 1.82) is 0 Å². The number of rotatable bonds is 6. The third-order valence-corrected chi connectivity index (χ3v) is 2.09. The molecule has 15 heavy (non-hydrogen) atoms. The maximum atomic E-state index is 10.5. The first-order valence-electron chi connectivity index (χ1n) is 5.17. The van der Waals surface area contributed by atoms with Crippen LogP contribution in [0.4, 0.5) is 5.69 Å². The Kier molecular flexibility index (Phi) is 4.60. The zero-order valence-electron chi connectivity index (χ0n) is 8.86. The second kappa shape index (κ2) is 6.01. The van der Waals surface area contributed by atoms with Crippen LogP contribution in [0.15, 0.2) is 18.3 Å². The Morgan fingerprint density at radius 2 is 2.27 bits per heavy atom. The van der Waals surface area contributed by atoms with E-state index in [1.807, 2.05) is 0 Å². The first-order chi connectivity index (χ1) is 7.24. The van der Waals surface area contributed by atoms with Gasteiger partial charge in [-0.25, -0.2) is 9.78 Å². The van der Waals surface area contributed by atoms with E-state index < -0.39 is 5.97 Å². The number of anilines is 1. The molecule has 0 unspecified atom stereocenters. The molecule has 0 aromatic carbocycles. The number of pyridine rings is 1. The lowest BCUT2D eigenvalue weighted by atomic mass is 10.2. The molecule has 1 aromatic heterocycles. The fraction of sp³-hybridized carbons (Fsp3) is 0.455. The topological polar surface area (TPSA) is 62.2 Å². The van der Waals surface area contributed by atoms with E-state index in [9.17, 15) is 4.79 Å². The monoisotopic (exact) mass is 208 g/mol. The molecule has 2 N–H and O–H groups in total. The smallest absolute Gasteiger partial charge is 0.354 e.